The van der Waals surface area contributed by atoms with Crippen LogP contribution in [0.3, 0.4) is 0 Å². The number of benzene rings is 1. The van der Waals surface area contributed by atoms with Crippen LogP contribution in [0.1, 0.15) is 40.5 Å². The van der Waals surface area contributed by atoms with Gasteiger partial charge in [0.05, 0.1) is 17.9 Å². The van der Waals surface area contributed by atoms with Crippen molar-refractivity contribution < 1.29 is 4.79 Å². The standard InChI is InChI=1S/C14H15N3O/c18-14(10-5-2-1-3-6-10)16-12-8-4-7-11-9-15-17-13(11)12/h1-3,5-6,9,12H,4,7-8H2,(H,15,17)(H,16,18). The van der Waals surface area contributed by atoms with Crippen molar-refractivity contribution in [3.63, 3.8) is 0 Å². The largest absolute Gasteiger partial charge is 0.344 e. The molecule has 1 aliphatic carbocycles. The maximum absolute atomic E-state index is 12.1. The zero-order valence-corrected chi connectivity index (χ0v) is 10.0. The molecule has 0 saturated heterocycles. The molecule has 1 aromatic heterocycles. The lowest BCUT2D eigenvalue weighted by molar-refractivity contribution is 0.0932. The summed E-state index contributed by atoms with van der Waals surface area (Å²) in [5.41, 5.74) is 2.98. The number of hydrogen-bond acceptors (Lipinski definition) is 2. The Morgan fingerprint density at radius 1 is 1.33 bits per heavy atom. The normalized spacial score (nSPS) is 18.1. The highest BCUT2D eigenvalue weighted by Crippen LogP contribution is 2.27. The molecule has 1 atom stereocenters. The number of carbonyl (C=O) groups is 1. The van der Waals surface area contributed by atoms with Gasteiger partial charge in [-0.2, -0.15) is 5.10 Å². The van der Waals surface area contributed by atoms with Gasteiger partial charge in [0.1, 0.15) is 0 Å². The number of hydrogen-bond donors (Lipinski definition) is 2. The van der Waals surface area contributed by atoms with E-state index in [2.05, 4.69) is 15.5 Å². The Kier molecular flexibility index (Phi) is 2.84. The van der Waals surface area contributed by atoms with Gasteiger partial charge >= 0.3 is 0 Å². The van der Waals surface area contributed by atoms with Crippen LogP contribution in [0, 0.1) is 0 Å². The van der Waals surface area contributed by atoms with E-state index in [4.69, 9.17) is 0 Å². The molecular formula is C14H15N3O. The number of nitrogens with one attached hydrogen (secondary N) is 2. The van der Waals surface area contributed by atoms with Crippen LogP contribution in [0.25, 0.3) is 0 Å². The molecule has 0 aliphatic heterocycles. The number of aromatic amines is 1. The molecule has 1 unspecified atom stereocenters. The lowest BCUT2D eigenvalue weighted by Crippen LogP contribution is -2.31. The first-order valence-electron chi connectivity index (χ1n) is 6.22. The van der Waals surface area contributed by atoms with Crippen molar-refractivity contribution in [2.24, 2.45) is 0 Å². The highest BCUT2D eigenvalue weighted by molar-refractivity contribution is 5.94. The number of amides is 1. The Labute approximate surface area is 105 Å². The summed E-state index contributed by atoms with van der Waals surface area (Å²) in [5, 5.41) is 10.1. The molecule has 92 valence electrons. The molecule has 0 saturated carbocycles. The SMILES string of the molecule is O=C(NC1CCCc2cn[nH]c21)c1ccccc1. The van der Waals surface area contributed by atoms with E-state index < -0.39 is 0 Å². The molecule has 0 fully saturated rings. The monoisotopic (exact) mass is 241 g/mol. The van der Waals surface area contributed by atoms with E-state index in [1.54, 1.807) is 0 Å². The smallest absolute Gasteiger partial charge is 0.251 e. The van der Waals surface area contributed by atoms with Crippen LogP contribution < -0.4 is 5.32 Å². The van der Waals surface area contributed by atoms with Crippen LogP contribution in [-0.4, -0.2) is 16.1 Å². The maximum Gasteiger partial charge on any atom is 0.251 e. The van der Waals surface area contributed by atoms with Gasteiger partial charge in [0, 0.05) is 5.56 Å². The van der Waals surface area contributed by atoms with Crippen LogP contribution in [0.4, 0.5) is 0 Å². The van der Waals surface area contributed by atoms with Crippen molar-refractivity contribution in [3.8, 4) is 0 Å². The molecule has 2 aromatic rings. The summed E-state index contributed by atoms with van der Waals surface area (Å²) in [7, 11) is 0. The van der Waals surface area contributed by atoms with Crippen molar-refractivity contribution in [1.82, 2.24) is 15.5 Å². The first kappa shape index (κ1) is 11.0. The third kappa shape index (κ3) is 2.01. The van der Waals surface area contributed by atoms with E-state index in [0.717, 1.165) is 25.0 Å². The summed E-state index contributed by atoms with van der Waals surface area (Å²) in [4.78, 5) is 12.1. The fraction of sp³-hybridized carbons (Fsp3) is 0.286. The molecular weight excluding hydrogens is 226 g/mol. The van der Waals surface area contributed by atoms with Crippen LogP contribution in [0.2, 0.25) is 0 Å². The van der Waals surface area contributed by atoms with Crippen LogP contribution in [0.15, 0.2) is 36.5 Å². The average molecular weight is 241 g/mol. The molecule has 1 heterocycles. The summed E-state index contributed by atoms with van der Waals surface area (Å²) in [6, 6.07) is 9.36. The number of rotatable bonds is 2. The highest BCUT2D eigenvalue weighted by Gasteiger charge is 2.23. The zero-order valence-electron chi connectivity index (χ0n) is 10.0. The molecule has 1 aliphatic rings. The molecule has 1 aromatic carbocycles. The third-order valence-electron chi connectivity index (χ3n) is 3.38. The number of aryl methyl sites for hydroxylation is 1. The Morgan fingerprint density at radius 3 is 3.00 bits per heavy atom. The molecule has 4 nitrogen and oxygen atoms in total. The first-order chi connectivity index (χ1) is 8.84. The van der Waals surface area contributed by atoms with Crippen molar-refractivity contribution in [2.45, 2.75) is 25.3 Å². The zero-order chi connectivity index (χ0) is 12.4. The fourth-order valence-corrected chi connectivity index (χ4v) is 2.44. The minimum atomic E-state index is -0.0250. The van der Waals surface area contributed by atoms with Crippen LogP contribution in [0.5, 0.6) is 0 Å². The van der Waals surface area contributed by atoms with Gasteiger partial charge in [0.2, 0.25) is 0 Å². The van der Waals surface area contributed by atoms with Gasteiger partial charge in [0.15, 0.2) is 0 Å². The van der Waals surface area contributed by atoms with E-state index in [1.165, 1.54) is 5.56 Å². The molecule has 3 rings (SSSR count). The van der Waals surface area contributed by atoms with Gasteiger partial charge in [-0.15, -0.1) is 0 Å². The van der Waals surface area contributed by atoms with Crippen molar-refractivity contribution in [2.75, 3.05) is 0 Å². The van der Waals surface area contributed by atoms with Gasteiger partial charge in [-0.05, 0) is 37.0 Å². The highest BCUT2D eigenvalue weighted by atomic mass is 16.1. The van der Waals surface area contributed by atoms with Crippen LogP contribution in [-0.2, 0) is 6.42 Å². The Balaban J connectivity index is 1.77. The van der Waals surface area contributed by atoms with E-state index >= 15 is 0 Å². The van der Waals surface area contributed by atoms with E-state index in [9.17, 15) is 4.79 Å². The molecule has 2 N–H and O–H groups in total. The van der Waals surface area contributed by atoms with E-state index in [-0.39, 0.29) is 11.9 Å². The Bertz CT molecular complexity index is 547. The fourth-order valence-electron chi connectivity index (χ4n) is 2.44. The average Bonchev–Trinajstić information content (AvgIpc) is 2.89. The molecule has 0 spiro atoms. The summed E-state index contributed by atoms with van der Waals surface area (Å²) >= 11 is 0. The predicted molar refractivity (Wildman–Crippen MR) is 68.2 cm³/mol. The van der Waals surface area contributed by atoms with Crippen LogP contribution >= 0.6 is 0 Å². The molecule has 0 radical (unpaired) electrons. The number of H-pyrrole nitrogens is 1. The predicted octanol–water partition coefficient (Wildman–Crippen LogP) is 2.22. The van der Waals surface area contributed by atoms with Gasteiger partial charge in [-0.25, -0.2) is 0 Å². The van der Waals surface area contributed by atoms with Gasteiger partial charge in [-0.1, -0.05) is 18.2 Å². The van der Waals surface area contributed by atoms with Gasteiger partial charge < -0.3 is 5.32 Å². The summed E-state index contributed by atoms with van der Waals surface area (Å²) in [6.07, 6.45) is 4.96. The van der Waals surface area contributed by atoms with Crippen molar-refractivity contribution in [3.05, 3.63) is 53.3 Å². The Hall–Kier alpha value is -2.10. The lowest BCUT2D eigenvalue weighted by atomic mass is 9.93. The van der Waals surface area contributed by atoms with E-state index in [1.807, 2.05) is 36.5 Å². The summed E-state index contributed by atoms with van der Waals surface area (Å²) < 4.78 is 0. The number of fused-ring (bicyclic) bond motifs is 1. The minimum Gasteiger partial charge on any atom is -0.344 e. The van der Waals surface area contributed by atoms with Crippen molar-refractivity contribution in [1.29, 1.82) is 0 Å². The number of aromatic nitrogens is 2. The topological polar surface area (TPSA) is 57.8 Å². The summed E-state index contributed by atoms with van der Waals surface area (Å²) in [5.74, 6) is -0.0250. The number of carbonyl (C=O) groups excluding carboxylic acids is 1. The Morgan fingerprint density at radius 2 is 2.17 bits per heavy atom. The molecule has 18 heavy (non-hydrogen) atoms. The quantitative estimate of drug-likeness (QED) is 0.847. The minimum absolute atomic E-state index is 0.0250. The van der Waals surface area contributed by atoms with E-state index in [0.29, 0.717) is 5.56 Å². The molecule has 4 heteroatoms. The maximum atomic E-state index is 12.1. The second-order valence-corrected chi connectivity index (χ2v) is 4.59. The number of nitrogens with zero attached hydrogens (tertiary/aromatic N) is 1. The van der Waals surface area contributed by atoms with Gasteiger partial charge in [0.25, 0.3) is 5.91 Å². The third-order valence-corrected chi connectivity index (χ3v) is 3.38. The first-order valence-corrected chi connectivity index (χ1v) is 6.22. The second-order valence-electron chi connectivity index (χ2n) is 4.59. The summed E-state index contributed by atoms with van der Waals surface area (Å²) in [6.45, 7) is 0. The molecule has 0 bridgehead atoms. The van der Waals surface area contributed by atoms with Gasteiger partial charge in [-0.3, -0.25) is 9.89 Å². The lowest BCUT2D eigenvalue weighted by Gasteiger charge is -2.22. The second kappa shape index (κ2) is 4.64. The van der Waals surface area contributed by atoms with Crippen molar-refractivity contribution >= 4 is 5.91 Å². The molecule has 1 amide bonds.